The van der Waals surface area contributed by atoms with Crippen molar-refractivity contribution in [2.75, 3.05) is 20.8 Å². The molecule has 1 saturated carbocycles. The Morgan fingerprint density at radius 3 is 2.35 bits per heavy atom. The lowest BCUT2D eigenvalue weighted by Gasteiger charge is -2.36. The lowest BCUT2D eigenvalue weighted by Crippen LogP contribution is -2.59. The van der Waals surface area contributed by atoms with E-state index in [1.807, 2.05) is 27.7 Å². The first-order valence-corrected chi connectivity index (χ1v) is 17.4. The van der Waals surface area contributed by atoms with Crippen LogP contribution in [0.15, 0.2) is 17.3 Å². The Morgan fingerprint density at radius 2 is 1.76 bits per heavy atom. The van der Waals surface area contributed by atoms with Gasteiger partial charge in [-0.05, 0) is 36.7 Å². The molecule has 0 radical (unpaired) electrons. The summed E-state index contributed by atoms with van der Waals surface area (Å²) in [6.07, 6.45) is 6.52. The first-order chi connectivity index (χ1) is 23.1. The van der Waals surface area contributed by atoms with Crippen molar-refractivity contribution in [3.05, 3.63) is 22.7 Å². The van der Waals surface area contributed by atoms with E-state index in [1.54, 1.807) is 12.1 Å². The summed E-state index contributed by atoms with van der Waals surface area (Å²) in [5, 5.41) is 10.4. The number of halogens is 1. The van der Waals surface area contributed by atoms with E-state index in [9.17, 15) is 24.0 Å². The highest BCUT2D eigenvalue weighted by Crippen LogP contribution is 2.42. The second kappa shape index (κ2) is 15.8. The molecule has 1 aromatic rings. The number of carbonyl (C=O) groups is 5. The molecule has 270 valence electrons. The minimum Gasteiger partial charge on any atom is -0.496 e. The SMILES string of the molecule is CCC[C@H](NC(=O)[C@@H]1C[C@]2(CC(c3cc(Cl)c(OC)cc3OC)=NO2)CN1C(=O)[C@@H](NC(=O)CC1CCCCC1)C(C)(C)C)C(=O)C(N)=O. The molecule has 4 atom stereocenters. The van der Waals surface area contributed by atoms with E-state index in [2.05, 4.69) is 15.8 Å². The van der Waals surface area contributed by atoms with Gasteiger partial charge >= 0.3 is 0 Å². The maximum atomic E-state index is 14.5. The molecule has 3 aliphatic rings. The van der Waals surface area contributed by atoms with Gasteiger partial charge in [0.25, 0.3) is 5.91 Å². The lowest BCUT2D eigenvalue weighted by atomic mass is 9.84. The maximum Gasteiger partial charge on any atom is 0.287 e. The zero-order valence-electron chi connectivity index (χ0n) is 29.4. The van der Waals surface area contributed by atoms with Crippen molar-refractivity contribution in [3.8, 4) is 11.5 Å². The number of ether oxygens (including phenoxy) is 2. The standard InChI is InChI=1S/C35H50ClN5O8/c1-7-11-23(29(43)31(37)44)38-32(45)25-18-35(17-24(40-49-35)21-15-22(36)27(48-6)16-26(21)47-5)19-41(25)33(46)30(34(2,3)4)39-28(42)14-20-12-9-8-10-13-20/h15-16,20,23,25,30H,7-14,17-19H2,1-6H3,(H2,37,44)(H,38,45)(H,39,42)/t23-,25-,30+,35+/m0/s1. The summed E-state index contributed by atoms with van der Waals surface area (Å²) in [5.74, 6) is -2.27. The largest absolute Gasteiger partial charge is 0.496 e. The van der Waals surface area contributed by atoms with Gasteiger partial charge in [0.15, 0.2) is 5.60 Å². The van der Waals surface area contributed by atoms with Gasteiger partial charge in [-0.2, -0.15) is 0 Å². The number of rotatable bonds is 13. The maximum absolute atomic E-state index is 14.5. The molecule has 4 amide bonds. The molecule has 2 heterocycles. The summed E-state index contributed by atoms with van der Waals surface area (Å²) >= 11 is 6.44. The van der Waals surface area contributed by atoms with E-state index in [1.165, 1.54) is 19.1 Å². The van der Waals surface area contributed by atoms with E-state index in [0.29, 0.717) is 40.6 Å². The minimum atomic E-state index is -1.16. The molecule has 13 nitrogen and oxygen atoms in total. The van der Waals surface area contributed by atoms with Gasteiger partial charge in [-0.1, -0.05) is 70.1 Å². The second-order valence-electron chi connectivity index (χ2n) is 14.5. The Morgan fingerprint density at radius 1 is 1.08 bits per heavy atom. The number of methoxy groups -OCH3 is 2. The van der Waals surface area contributed by atoms with E-state index in [4.69, 9.17) is 31.6 Å². The number of primary amides is 1. The third-order valence-electron chi connectivity index (χ3n) is 9.68. The second-order valence-corrected chi connectivity index (χ2v) is 14.9. The van der Waals surface area contributed by atoms with Gasteiger partial charge < -0.3 is 35.6 Å². The van der Waals surface area contributed by atoms with Gasteiger partial charge in [0.2, 0.25) is 23.5 Å². The molecule has 1 spiro atoms. The third-order valence-corrected chi connectivity index (χ3v) is 9.98. The van der Waals surface area contributed by atoms with Crippen molar-refractivity contribution >= 4 is 46.7 Å². The highest BCUT2D eigenvalue weighted by atomic mass is 35.5. The third kappa shape index (κ3) is 8.84. The van der Waals surface area contributed by atoms with Crippen LogP contribution in [0.3, 0.4) is 0 Å². The molecule has 0 bridgehead atoms. The van der Waals surface area contributed by atoms with Gasteiger partial charge in [0.1, 0.15) is 23.6 Å². The quantitative estimate of drug-likeness (QED) is 0.261. The van der Waals surface area contributed by atoms with Gasteiger partial charge in [0.05, 0.1) is 37.5 Å². The average Bonchev–Trinajstić information content (AvgIpc) is 3.65. The molecule has 2 aliphatic heterocycles. The molecular weight excluding hydrogens is 654 g/mol. The van der Waals surface area contributed by atoms with Crippen LogP contribution in [0.4, 0.5) is 0 Å². The molecule has 0 aromatic heterocycles. The van der Waals surface area contributed by atoms with Gasteiger partial charge in [-0.3, -0.25) is 24.0 Å². The number of Topliss-reactive ketones (excluding diaryl/α,β-unsaturated/α-hetero) is 1. The van der Waals surface area contributed by atoms with E-state index >= 15 is 0 Å². The van der Waals surface area contributed by atoms with Crippen molar-refractivity contribution in [3.63, 3.8) is 0 Å². The van der Waals surface area contributed by atoms with Crippen LogP contribution in [-0.4, -0.2) is 84.5 Å². The molecule has 49 heavy (non-hydrogen) atoms. The molecule has 1 aliphatic carbocycles. The molecule has 4 rings (SSSR count). The predicted octanol–water partition coefficient (Wildman–Crippen LogP) is 3.66. The Labute approximate surface area is 292 Å². The smallest absolute Gasteiger partial charge is 0.287 e. The summed E-state index contributed by atoms with van der Waals surface area (Å²) in [6.45, 7) is 7.34. The summed E-state index contributed by atoms with van der Waals surface area (Å²) in [4.78, 5) is 73.7. The number of ketones is 1. The first kappa shape index (κ1) is 37.9. The number of amides is 4. The van der Waals surface area contributed by atoms with E-state index < -0.39 is 52.6 Å². The zero-order chi connectivity index (χ0) is 36.1. The van der Waals surface area contributed by atoms with Crippen LogP contribution in [0.25, 0.3) is 0 Å². The number of oxime groups is 1. The van der Waals surface area contributed by atoms with Crippen molar-refractivity contribution in [2.45, 2.75) is 116 Å². The number of nitrogens with zero attached hydrogens (tertiary/aromatic N) is 2. The Balaban J connectivity index is 1.64. The van der Waals surface area contributed by atoms with Crippen LogP contribution in [0.5, 0.6) is 11.5 Å². The molecule has 0 unspecified atom stereocenters. The molecule has 14 heteroatoms. The van der Waals surface area contributed by atoms with Crippen LogP contribution < -0.4 is 25.8 Å². The fraction of sp³-hybridized carbons (Fsp3) is 0.657. The van der Waals surface area contributed by atoms with Crippen LogP contribution in [0, 0.1) is 11.3 Å². The van der Waals surface area contributed by atoms with Crippen molar-refractivity contribution in [1.29, 1.82) is 0 Å². The van der Waals surface area contributed by atoms with Crippen LogP contribution in [-0.2, 0) is 28.8 Å². The summed E-state index contributed by atoms with van der Waals surface area (Å²) in [7, 11) is 3.00. The first-order valence-electron chi connectivity index (χ1n) is 17.0. The average molecular weight is 704 g/mol. The minimum absolute atomic E-state index is 0.0280. The Kier molecular flexibility index (Phi) is 12.2. The van der Waals surface area contributed by atoms with Crippen LogP contribution in [0.2, 0.25) is 5.02 Å². The van der Waals surface area contributed by atoms with Crippen LogP contribution in [0.1, 0.15) is 97.5 Å². The fourth-order valence-electron chi connectivity index (χ4n) is 7.04. The van der Waals surface area contributed by atoms with Gasteiger partial charge in [0, 0.05) is 30.9 Å². The highest BCUT2D eigenvalue weighted by Gasteiger charge is 2.56. The Hall–Kier alpha value is -3.87. The number of benzene rings is 1. The number of nitrogens with one attached hydrogen (secondary N) is 2. The topological polar surface area (TPSA) is 179 Å². The van der Waals surface area contributed by atoms with E-state index in [-0.39, 0.29) is 37.6 Å². The Bertz CT molecular complexity index is 1470. The molecule has 2 fully saturated rings. The molecule has 1 saturated heterocycles. The number of hydrogen-bond donors (Lipinski definition) is 3. The number of likely N-dealkylation sites (tertiary alicyclic amines) is 1. The summed E-state index contributed by atoms with van der Waals surface area (Å²) in [6, 6.07) is 0.0715. The lowest BCUT2D eigenvalue weighted by molar-refractivity contribution is -0.145. The number of nitrogens with two attached hydrogens (primary N) is 1. The fourth-order valence-corrected chi connectivity index (χ4v) is 7.29. The molecule has 4 N–H and O–H groups in total. The highest BCUT2D eigenvalue weighted by molar-refractivity contribution is 6.37. The number of carbonyl (C=O) groups excluding carboxylic acids is 5. The van der Waals surface area contributed by atoms with Crippen molar-refractivity contribution in [1.82, 2.24) is 15.5 Å². The van der Waals surface area contributed by atoms with Gasteiger partial charge in [-0.15, -0.1) is 0 Å². The zero-order valence-corrected chi connectivity index (χ0v) is 30.1. The van der Waals surface area contributed by atoms with Gasteiger partial charge in [-0.25, -0.2) is 0 Å². The molecular formula is C35H50ClN5O8. The van der Waals surface area contributed by atoms with Crippen molar-refractivity contribution < 1.29 is 38.3 Å². The monoisotopic (exact) mass is 703 g/mol. The van der Waals surface area contributed by atoms with E-state index in [0.717, 1.165) is 32.1 Å². The molecule has 1 aromatic carbocycles. The van der Waals surface area contributed by atoms with Crippen molar-refractivity contribution in [2.24, 2.45) is 22.2 Å². The summed E-state index contributed by atoms with van der Waals surface area (Å²) < 4.78 is 10.9. The number of hydrogen-bond acceptors (Lipinski definition) is 9. The predicted molar refractivity (Wildman–Crippen MR) is 183 cm³/mol. The normalized spacial score (nSPS) is 22.1. The van der Waals surface area contributed by atoms with Crippen LogP contribution >= 0.6 is 11.6 Å². The summed E-state index contributed by atoms with van der Waals surface area (Å²) in [5.41, 5.74) is 4.51.